The molecule has 2 aliphatic heterocycles. The fourth-order valence-electron chi connectivity index (χ4n) is 2.99. The third-order valence-corrected chi connectivity index (χ3v) is 4.35. The van der Waals surface area contributed by atoms with Crippen molar-refractivity contribution in [1.29, 1.82) is 0 Å². The maximum Gasteiger partial charge on any atom is 0.270 e. The first kappa shape index (κ1) is 16.6. The molecule has 0 spiro atoms. The van der Waals surface area contributed by atoms with Crippen LogP contribution in [0.4, 0.5) is 4.39 Å². The van der Waals surface area contributed by atoms with Crippen LogP contribution >= 0.6 is 0 Å². The number of hydrazone groups is 1. The highest BCUT2D eigenvalue weighted by Crippen LogP contribution is 2.12. The third kappa shape index (κ3) is 4.17. The van der Waals surface area contributed by atoms with E-state index in [1.807, 2.05) is 0 Å². The van der Waals surface area contributed by atoms with E-state index in [1.54, 1.807) is 17.0 Å². The van der Waals surface area contributed by atoms with Crippen molar-refractivity contribution in [2.75, 3.05) is 26.2 Å². The van der Waals surface area contributed by atoms with Crippen LogP contribution in [-0.4, -0.2) is 53.5 Å². The van der Waals surface area contributed by atoms with Crippen LogP contribution in [0.25, 0.3) is 0 Å². The molecule has 0 unspecified atom stereocenters. The summed E-state index contributed by atoms with van der Waals surface area (Å²) >= 11 is 0. The Morgan fingerprint density at radius 3 is 2.62 bits per heavy atom. The lowest BCUT2D eigenvalue weighted by Crippen LogP contribution is -2.42. The zero-order valence-electron chi connectivity index (χ0n) is 13.5. The Kier molecular flexibility index (Phi) is 5.20. The number of carbonyl (C=O) groups is 2. The van der Waals surface area contributed by atoms with E-state index in [0.717, 1.165) is 31.6 Å². The first-order valence-corrected chi connectivity index (χ1v) is 8.23. The maximum absolute atomic E-state index is 13.0. The molecular formula is C17H21FN4O2. The Morgan fingerprint density at radius 1 is 1.12 bits per heavy atom. The molecule has 6 nitrogen and oxygen atoms in total. The fraction of sp³-hybridized carbons (Fsp3) is 0.471. The van der Waals surface area contributed by atoms with Crippen molar-refractivity contribution < 1.29 is 14.0 Å². The van der Waals surface area contributed by atoms with Crippen molar-refractivity contribution >= 4 is 17.5 Å². The average Bonchev–Trinajstić information content (AvgIpc) is 2.83. The van der Waals surface area contributed by atoms with E-state index in [1.165, 1.54) is 12.1 Å². The molecule has 0 radical (unpaired) electrons. The normalized spacial score (nSPS) is 19.5. The van der Waals surface area contributed by atoms with E-state index in [-0.39, 0.29) is 17.6 Å². The summed E-state index contributed by atoms with van der Waals surface area (Å²) < 4.78 is 13.0. The summed E-state index contributed by atoms with van der Waals surface area (Å²) in [5.74, 6) is -0.460. The van der Waals surface area contributed by atoms with Gasteiger partial charge in [0.05, 0.1) is 0 Å². The summed E-state index contributed by atoms with van der Waals surface area (Å²) in [5.41, 5.74) is 3.87. The van der Waals surface area contributed by atoms with Crippen LogP contribution < -0.4 is 5.43 Å². The summed E-state index contributed by atoms with van der Waals surface area (Å²) in [6.45, 7) is 3.73. The highest BCUT2D eigenvalue weighted by Gasteiger charge is 2.25. The minimum Gasteiger partial charge on any atom is -0.336 e. The smallest absolute Gasteiger partial charge is 0.270 e. The van der Waals surface area contributed by atoms with Gasteiger partial charge >= 0.3 is 0 Å². The van der Waals surface area contributed by atoms with Gasteiger partial charge in [-0.15, -0.1) is 0 Å². The highest BCUT2D eigenvalue weighted by molar-refractivity contribution is 6.39. The summed E-state index contributed by atoms with van der Waals surface area (Å²) in [7, 11) is 0. The van der Waals surface area contributed by atoms with Gasteiger partial charge in [-0.1, -0.05) is 12.1 Å². The monoisotopic (exact) mass is 332 g/mol. The molecule has 1 fully saturated rings. The summed E-state index contributed by atoms with van der Waals surface area (Å²) in [6.07, 6.45) is 1.60. The predicted molar refractivity (Wildman–Crippen MR) is 87.7 cm³/mol. The van der Waals surface area contributed by atoms with E-state index in [9.17, 15) is 14.0 Å². The number of nitrogens with one attached hydrogen (secondary N) is 1. The van der Waals surface area contributed by atoms with Crippen LogP contribution in [0.3, 0.4) is 0 Å². The molecule has 0 saturated carbocycles. The Bertz CT molecular complexity index is 644. The molecule has 1 aromatic rings. The average molecular weight is 332 g/mol. The van der Waals surface area contributed by atoms with Gasteiger partial charge in [0.2, 0.25) is 5.91 Å². The molecule has 1 N–H and O–H groups in total. The molecule has 3 rings (SSSR count). The fourth-order valence-corrected chi connectivity index (χ4v) is 2.99. The lowest BCUT2D eigenvalue weighted by atomic mass is 10.1. The standard InChI is InChI=1S/C17H21FN4O2/c18-14-4-2-13(3-5-14)12-21-8-1-9-22(11-10-21)17(24)15-6-7-16(23)20-19-15/h2-5H,1,6-12H2,(H,20,23). The van der Waals surface area contributed by atoms with Crippen LogP contribution in [0.2, 0.25) is 0 Å². The quantitative estimate of drug-likeness (QED) is 0.902. The minimum absolute atomic E-state index is 0.0846. The third-order valence-electron chi connectivity index (χ3n) is 4.35. The SMILES string of the molecule is O=C1CCC(C(=O)N2CCCN(Cc3ccc(F)cc3)CC2)=NN1. The van der Waals surface area contributed by atoms with Crippen molar-refractivity contribution in [2.45, 2.75) is 25.8 Å². The van der Waals surface area contributed by atoms with Gasteiger partial charge in [0.25, 0.3) is 5.91 Å². The van der Waals surface area contributed by atoms with E-state index in [4.69, 9.17) is 0 Å². The molecule has 1 aromatic carbocycles. The summed E-state index contributed by atoms with van der Waals surface area (Å²) in [4.78, 5) is 27.7. The lowest BCUT2D eigenvalue weighted by Gasteiger charge is -2.23. The number of benzene rings is 1. The van der Waals surface area contributed by atoms with Gasteiger partial charge in [0.15, 0.2) is 0 Å². The van der Waals surface area contributed by atoms with Crippen LogP contribution in [0.1, 0.15) is 24.8 Å². The number of rotatable bonds is 3. The molecular weight excluding hydrogens is 311 g/mol. The van der Waals surface area contributed by atoms with Gasteiger partial charge in [-0.25, -0.2) is 9.82 Å². The molecule has 0 aliphatic carbocycles. The van der Waals surface area contributed by atoms with Crippen molar-refractivity contribution in [3.05, 3.63) is 35.6 Å². The zero-order chi connectivity index (χ0) is 16.9. The van der Waals surface area contributed by atoms with Crippen LogP contribution in [0.15, 0.2) is 29.4 Å². The molecule has 0 bridgehead atoms. The molecule has 2 aliphatic rings. The molecule has 128 valence electrons. The van der Waals surface area contributed by atoms with Crippen molar-refractivity contribution in [1.82, 2.24) is 15.2 Å². The number of hydrogen-bond donors (Lipinski definition) is 1. The van der Waals surface area contributed by atoms with Crippen LogP contribution in [0.5, 0.6) is 0 Å². The van der Waals surface area contributed by atoms with Gasteiger partial charge in [-0.2, -0.15) is 5.10 Å². The van der Waals surface area contributed by atoms with E-state index in [0.29, 0.717) is 31.6 Å². The molecule has 0 aromatic heterocycles. The van der Waals surface area contributed by atoms with E-state index < -0.39 is 0 Å². The Balaban J connectivity index is 1.55. The van der Waals surface area contributed by atoms with E-state index in [2.05, 4.69) is 15.4 Å². The topological polar surface area (TPSA) is 65.0 Å². The van der Waals surface area contributed by atoms with Gasteiger partial charge < -0.3 is 4.90 Å². The summed E-state index contributed by atoms with van der Waals surface area (Å²) in [5, 5.41) is 3.89. The van der Waals surface area contributed by atoms with Gasteiger partial charge in [0.1, 0.15) is 11.5 Å². The minimum atomic E-state index is -0.230. The van der Waals surface area contributed by atoms with Crippen molar-refractivity contribution in [2.24, 2.45) is 5.10 Å². The number of hydrogen-bond acceptors (Lipinski definition) is 4. The Morgan fingerprint density at radius 2 is 1.92 bits per heavy atom. The van der Waals surface area contributed by atoms with Crippen LogP contribution in [-0.2, 0) is 16.1 Å². The summed E-state index contributed by atoms with van der Waals surface area (Å²) in [6, 6.07) is 6.53. The molecule has 0 atom stereocenters. The first-order valence-electron chi connectivity index (χ1n) is 8.23. The van der Waals surface area contributed by atoms with E-state index >= 15 is 0 Å². The lowest BCUT2D eigenvalue weighted by molar-refractivity contribution is -0.124. The Hall–Kier alpha value is -2.28. The van der Waals surface area contributed by atoms with Crippen LogP contribution in [0, 0.1) is 5.82 Å². The zero-order valence-corrected chi connectivity index (χ0v) is 13.5. The number of nitrogens with zero attached hydrogens (tertiary/aromatic N) is 3. The van der Waals surface area contributed by atoms with Crippen molar-refractivity contribution in [3.63, 3.8) is 0 Å². The highest BCUT2D eigenvalue weighted by atomic mass is 19.1. The number of carbonyl (C=O) groups excluding carboxylic acids is 2. The second-order valence-electron chi connectivity index (χ2n) is 6.14. The molecule has 7 heteroatoms. The second kappa shape index (κ2) is 7.53. The second-order valence-corrected chi connectivity index (χ2v) is 6.14. The van der Waals surface area contributed by atoms with Gasteiger partial charge in [-0.3, -0.25) is 14.5 Å². The van der Waals surface area contributed by atoms with Gasteiger partial charge in [-0.05, 0) is 24.1 Å². The largest absolute Gasteiger partial charge is 0.336 e. The number of amides is 2. The molecule has 24 heavy (non-hydrogen) atoms. The number of halogens is 1. The molecule has 1 saturated heterocycles. The predicted octanol–water partition coefficient (Wildman–Crippen LogP) is 1.13. The Labute approximate surface area is 140 Å². The van der Waals surface area contributed by atoms with Crippen molar-refractivity contribution in [3.8, 4) is 0 Å². The molecule has 2 heterocycles. The molecule has 2 amide bonds. The first-order chi connectivity index (χ1) is 11.6. The maximum atomic E-state index is 13.0. The van der Waals surface area contributed by atoms with Gasteiger partial charge in [0, 0.05) is 45.6 Å².